The van der Waals surface area contributed by atoms with Crippen molar-refractivity contribution in [2.45, 2.75) is 24.8 Å². The van der Waals surface area contributed by atoms with Crippen LogP contribution in [0.1, 0.15) is 16.7 Å². The molecule has 0 aliphatic rings. The lowest BCUT2D eigenvalue weighted by Gasteiger charge is -2.06. The molecule has 3 rings (SSSR count). The summed E-state index contributed by atoms with van der Waals surface area (Å²) in [5, 5.41) is 8.81. The van der Waals surface area contributed by atoms with Gasteiger partial charge in [-0.15, -0.1) is 0 Å². The molecule has 0 amide bonds. The van der Waals surface area contributed by atoms with Crippen molar-refractivity contribution in [1.29, 1.82) is 0 Å². The molecule has 0 aliphatic heterocycles. The minimum atomic E-state index is -4.02. The van der Waals surface area contributed by atoms with Crippen LogP contribution in [0, 0.1) is 6.92 Å². The molecular weight excluding hydrogens is 376 g/mol. The van der Waals surface area contributed by atoms with Crippen LogP contribution in [-0.2, 0) is 23.1 Å². The van der Waals surface area contributed by atoms with Crippen molar-refractivity contribution in [2.75, 3.05) is 6.61 Å². The van der Waals surface area contributed by atoms with Crippen LogP contribution in [0.2, 0.25) is 0 Å². The molecule has 3 aromatic rings. The van der Waals surface area contributed by atoms with E-state index in [2.05, 4.69) is 0 Å². The lowest BCUT2D eigenvalue weighted by atomic mass is 10.1. The second-order valence-electron chi connectivity index (χ2n) is 6.18. The van der Waals surface area contributed by atoms with Gasteiger partial charge in [0.25, 0.3) is 10.1 Å². The summed E-state index contributed by atoms with van der Waals surface area (Å²) in [6.45, 7) is 2.61. The normalized spacial score (nSPS) is 10.7. The second kappa shape index (κ2) is 10.6. The van der Waals surface area contributed by atoms with Crippen LogP contribution < -0.4 is 4.74 Å². The van der Waals surface area contributed by atoms with Crippen LogP contribution in [-0.4, -0.2) is 24.7 Å². The van der Waals surface area contributed by atoms with Gasteiger partial charge in [-0.25, -0.2) is 0 Å². The maximum Gasteiger partial charge on any atom is 0.294 e. The first-order chi connectivity index (χ1) is 13.4. The molecule has 148 valence electrons. The summed E-state index contributed by atoms with van der Waals surface area (Å²) in [7, 11) is -4.02. The quantitative estimate of drug-likeness (QED) is 0.610. The van der Waals surface area contributed by atoms with Crippen LogP contribution in [0.4, 0.5) is 0 Å². The van der Waals surface area contributed by atoms with Gasteiger partial charge in [0.15, 0.2) is 0 Å². The zero-order valence-electron chi connectivity index (χ0n) is 15.7. The van der Waals surface area contributed by atoms with Crippen LogP contribution in [0.5, 0.6) is 5.75 Å². The molecule has 0 radical (unpaired) electrons. The standard InChI is InChI=1S/C15H16O2.C7H8O3S/c16-11-10-13-6-8-15(9-7-13)17-12-14-4-2-1-3-5-14;1-6-2-4-7(5-3-6)11(8,9)10/h1-9,16H,10-12H2;2-5H,1H3,(H,8,9,10). The van der Waals surface area contributed by atoms with E-state index in [4.69, 9.17) is 14.4 Å². The van der Waals surface area contributed by atoms with Gasteiger partial charge in [-0.2, -0.15) is 8.42 Å². The van der Waals surface area contributed by atoms with Crippen LogP contribution in [0.15, 0.2) is 83.8 Å². The Bertz CT molecular complexity index is 934. The maximum absolute atomic E-state index is 10.5. The number of rotatable bonds is 6. The molecule has 0 fully saturated rings. The van der Waals surface area contributed by atoms with E-state index in [0.29, 0.717) is 13.0 Å². The summed E-state index contributed by atoms with van der Waals surface area (Å²) >= 11 is 0. The average molecular weight is 400 g/mol. The van der Waals surface area contributed by atoms with E-state index in [0.717, 1.165) is 22.4 Å². The summed E-state index contributed by atoms with van der Waals surface area (Å²) < 4.78 is 35.2. The fourth-order valence-corrected chi connectivity index (χ4v) is 2.81. The van der Waals surface area contributed by atoms with Crippen molar-refractivity contribution in [1.82, 2.24) is 0 Å². The lowest BCUT2D eigenvalue weighted by molar-refractivity contribution is 0.298. The van der Waals surface area contributed by atoms with E-state index in [9.17, 15) is 8.42 Å². The molecule has 0 heterocycles. The number of aryl methyl sites for hydroxylation is 1. The third-order valence-corrected chi connectivity index (χ3v) is 4.76. The maximum atomic E-state index is 10.5. The molecule has 0 spiro atoms. The molecule has 0 aromatic heterocycles. The number of aliphatic hydroxyl groups is 1. The number of hydrogen-bond donors (Lipinski definition) is 2. The van der Waals surface area contributed by atoms with Gasteiger partial charge in [-0.05, 0) is 48.7 Å². The minimum absolute atomic E-state index is 0.0666. The van der Waals surface area contributed by atoms with Crippen LogP contribution >= 0.6 is 0 Å². The van der Waals surface area contributed by atoms with Gasteiger partial charge >= 0.3 is 0 Å². The molecule has 5 nitrogen and oxygen atoms in total. The number of ether oxygens (including phenoxy) is 1. The van der Waals surface area contributed by atoms with E-state index < -0.39 is 10.1 Å². The van der Waals surface area contributed by atoms with Gasteiger partial charge in [-0.3, -0.25) is 4.55 Å². The molecule has 0 atom stereocenters. The third-order valence-electron chi connectivity index (χ3n) is 3.89. The first-order valence-corrected chi connectivity index (χ1v) is 10.2. The summed E-state index contributed by atoms with van der Waals surface area (Å²) in [5.74, 6) is 0.857. The monoisotopic (exact) mass is 400 g/mol. The fraction of sp³-hybridized carbons (Fsp3) is 0.182. The number of hydrogen-bond acceptors (Lipinski definition) is 4. The first-order valence-electron chi connectivity index (χ1n) is 8.79. The Balaban J connectivity index is 0.000000221. The minimum Gasteiger partial charge on any atom is -0.489 e. The Kier molecular flexibility index (Phi) is 8.19. The van der Waals surface area contributed by atoms with Crippen molar-refractivity contribution in [3.05, 3.63) is 95.6 Å². The lowest BCUT2D eigenvalue weighted by Crippen LogP contribution is -1.96. The highest BCUT2D eigenvalue weighted by atomic mass is 32.2. The molecule has 0 bridgehead atoms. The summed E-state index contributed by atoms with van der Waals surface area (Å²) in [5.41, 5.74) is 3.24. The van der Waals surface area contributed by atoms with E-state index >= 15 is 0 Å². The van der Waals surface area contributed by atoms with Gasteiger partial charge in [0.05, 0.1) is 4.90 Å². The molecule has 28 heavy (non-hydrogen) atoms. The number of aliphatic hydroxyl groups excluding tert-OH is 1. The van der Waals surface area contributed by atoms with Crippen molar-refractivity contribution in [3.63, 3.8) is 0 Å². The Hall–Kier alpha value is -2.67. The van der Waals surface area contributed by atoms with E-state index in [1.165, 1.54) is 12.1 Å². The first kappa shape index (κ1) is 21.6. The zero-order valence-corrected chi connectivity index (χ0v) is 16.5. The molecule has 6 heteroatoms. The van der Waals surface area contributed by atoms with Gasteiger partial charge < -0.3 is 9.84 Å². The number of benzene rings is 3. The van der Waals surface area contributed by atoms with Crippen molar-refractivity contribution < 1.29 is 22.8 Å². The highest BCUT2D eigenvalue weighted by molar-refractivity contribution is 7.85. The molecule has 0 aliphatic carbocycles. The Labute approximate surface area is 166 Å². The average Bonchev–Trinajstić information content (AvgIpc) is 2.69. The molecule has 0 saturated carbocycles. The van der Waals surface area contributed by atoms with E-state index in [1.54, 1.807) is 12.1 Å². The second-order valence-corrected chi connectivity index (χ2v) is 7.60. The SMILES string of the molecule is Cc1ccc(S(=O)(=O)O)cc1.OCCc1ccc(OCc2ccccc2)cc1. The summed E-state index contributed by atoms with van der Waals surface area (Å²) in [4.78, 5) is -0.0666. The predicted molar refractivity (Wildman–Crippen MR) is 109 cm³/mol. The van der Waals surface area contributed by atoms with Crippen molar-refractivity contribution in [3.8, 4) is 5.75 Å². The largest absolute Gasteiger partial charge is 0.489 e. The third kappa shape index (κ3) is 7.52. The smallest absolute Gasteiger partial charge is 0.294 e. The Morgan fingerprint density at radius 1 is 0.821 bits per heavy atom. The van der Waals surface area contributed by atoms with E-state index in [1.807, 2.05) is 61.5 Å². The molecule has 0 unspecified atom stereocenters. The molecule has 2 N–H and O–H groups in total. The van der Waals surface area contributed by atoms with Crippen LogP contribution in [0.25, 0.3) is 0 Å². The highest BCUT2D eigenvalue weighted by Gasteiger charge is 2.06. The highest BCUT2D eigenvalue weighted by Crippen LogP contribution is 2.14. The molecule has 3 aromatic carbocycles. The Morgan fingerprint density at radius 3 is 1.96 bits per heavy atom. The zero-order chi connectivity index (χ0) is 20.4. The predicted octanol–water partition coefficient (Wildman–Crippen LogP) is 4.04. The topological polar surface area (TPSA) is 83.8 Å². The van der Waals surface area contributed by atoms with Crippen LogP contribution in [0.3, 0.4) is 0 Å². The van der Waals surface area contributed by atoms with Crippen molar-refractivity contribution >= 4 is 10.1 Å². The molecular formula is C22H24O5S. The molecule has 0 saturated heterocycles. The fourth-order valence-electron chi connectivity index (χ4n) is 2.33. The summed E-state index contributed by atoms with van der Waals surface area (Å²) in [6, 6.07) is 23.9. The van der Waals surface area contributed by atoms with E-state index in [-0.39, 0.29) is 11.5 Å². The van der Waals surface area contributed by atoms with Gasteiger partial charge in [0, 0.05) is 6.61 Å². The van der Waals surface area contributed by atoms with Crippen molar-refractivity contribution in [2.24, 2.45) is 0 Å². The van der Waals surface area contributed by atoms with Gasteiger partial charge in [0.2, 0.25) is 0 Å². The van der Waals surface area contributed by atoms with Gasteiger partial charge in [0.1, 0.15) is 12.4 Å². The Morgan fingerprint density at radius 2 is 1.43 bits per heavy atom. The summed E-state index contributed by atoms with van der Waals surface area (Å²) in [6.07, 6.45) is 0.693. The van der Waals surface area contributed by atoms with Gasteiger partial charge in [-0.1, -0.05) is 60.2 Å².